The molecule has 1 aromatic rings. The van der Waals surface area contributed by atoms with Gasteiger partial charge >= 0.3 is 0 Å². The maximum absolute atomic E-state index is 12.9. The van der Waals surface area contributed by atoms with Crippen LogP contribution in [0.1, 0.15) is 26.3 Å². The van der Waals surface area contributed by atoms with Crippen molar-refractivity contribution in [3.05, 3.63) is 35.9 Å². The van der Waals surface area contributed by atoms with Crippen molar-refractivity contribution in [2.45, 2.75) is 32.4 Å². The minimum atomic E-state index is -0.971. The van der Waals surface area contributed by atoms with Crippen molar-refractivity contribution in [2.75, 3.05) is 18.1 Å². The van der Waals surface area contributed by atoms with Crippen molar-refractivity contribution in [3.63, 3.8) is 0 Å². The lowest BCUT2D eigenvalue weighted by atomic mass is 9.88. The van der Waals surface area contributed by atoms with E-state index < -0.39 is 5.54 Å². The van der Waals surface area contributed by atoms with Crippen LogP contribution >= 0.6 is 11.8 Å². The first-order valence-electron chi connectivity index (χ1n) is 7.24. The summed E-state index contributed by atoms with van der Waals surface area (Å²) >= 11 is 1.78. The molecule has 1 aliphatic rings. The molecule has 2 rings (SSSR count). The summed E-state index contributed by atoms with van der Waals surface area (Å²) in [4.78, 5) is 26.7. The Hall–Kier alpha value is -1.49. The van der Waals surface area contributed by atoms with Crippen LogP contribution in [0.4, 0.5) is 0 Å². The molecule has 4 nitrogen and oxygen atoms in total. The lowest BCUT2D eigenvalue weighted by Gasteiger charge is -2.42. The summed E-state index contributed by atoms with van der Waals surface area (Å²) in [6, 6.07) is 9.49. The molecular formula is C16H22N2O2S. The number of nitrogens with zero attached hydrogens (tertiary/aromatic N) is 1. The summed E-state index contributed by atoms with van der Waals surface area (Å²) in [5.41, 5.74) is -0.148. The molecule has 5 heteroatoms. The van der Waals surface area contributed by atoms with Gasteiger partial charge in [0.05, 0.1) is 6.54 Å². The Morgan fingerprint density at radius 1 is 1.33 bits per heavy atom. The molecule has 0 aromatic heterocycles. The number of rotatable bonds is 5. The van der Waals surface area contributed by atoms with Crippen LogP contribution < -0.4 is 5.32 Å². The van der Waals surface area contributed by atoms with Gasteiger partial charge < -0.3 is 10.2 Å². The first-order chi connectivity index (χ1) is 9.99. The SMILES string of the molecule is CCSCC(C)N1CC(=O)NC(C)(c2ccccc2)C1=O. The number of thioether (sulfide) groups is 1. The number of hydrogen-bond acceptors (Lipinski definition) is 3. The van der Waals surface area contributed by atoms with Crippen LogP contribution in [0.5, 0.6) is 0 Å². The van der Waals surface area contributed by atoms with Crippen LogP contribution in [0.25, 0.3) is 0 Å². The molecular weight excluding hydrogens is 284 g/mol. The summed E-state index contributed by atoms with van der Waals surface area (Å²) in [7, 11) is 0. The normalized spacial score (nSPS) is 23.9. The fraction of sp³-hybridized carbons (Fsp3) is 0.500. The highest BCUT2D eigenvalue weighted by atomic mass is 32.2. The van der Waals surface area contributed by atoms with Crippen LogP contribution in [0.15, 0.2) is 30.3 Å². The second-order valence-electron chi connectivity index (χ2n) is 5.48. The van der Waals surface area contributed by atoms with E-state index in [2.05, 4.69) is 12.2 Å². The average Bonchev–Trinajstić information content (AvgIpc) is 2.49. The summed E-state index contributed by atoms with van der Waals surface area (Å²) in [6.45, 7) is 6.03. The van der Waals surface area contributed by atoms with E-state index in [1.54, 1.807) is 23.6 Å². The maximum atomic E-state index is 12.9. The van der Waals surface area contributed by atoms with Crippen molar-refractivity contribution in [3.8, 4) is 0 Å². The van der Waals surface area contributed by atoms with Gasteiger partial charge in [-0.05, 0) is 25.2 Å². The van der Waals surface area contributed by atoms with Gasteiger partial charge in [0.15, 0.2) is 0 Å². The number of nitrogens with one attached hydrogen (secondary N) is 1. The summed E-state index contributed by atoms with van der Waals surface area (Å²) in [5.74, 6) is 1.72. The Morgan fingerprint density at radius 3 is 2.62 bits per heavy atom. The number of piperazine rings is 1. The minimum Gasteiger partial charge on any atom is -0.337 e. The zero-order valence-electron chi connectivity index (χ0n) is 12.8. The van der Waals surface area contributed by atoms with E-state index >= 15 is 0 Å². The molecule has 0 saturated carbocycles. The lowest BCUT2D eigenvalue weighted by Crippen LogP contribution is -2.65. The van der Waals surface area contributed by atoms with Crippen LogP contribution in [-0.4, -0.2) is 40.8 Å². The highest BCUT2D eigenvalue weighted by molar-refractivity contribution is 7.99. The molecule has 1 fully saturated rings. The molecule has 2 amide bonds. The first kappa shape index (κ1) is 15.9. The van der Waals surface area contributed by atoms with E-state index in [4.69, 9.17) is 0 Å². The van der Waals surface area contributed by atoms with E-state index in [1.165, 1.54) is 0 Å². The average molecular weight is 306 g/mol. The van der Waals surface area contributed by atoms with Gasteiger partial charge in [-0.1, -0.05) is 37.3 Å². The van der Waals surface area contributed by atoms with E-state index in [-0.39, 0.29) is 24.4 Å². The van der Waals surface area contributed by atoms with Crippen LogP contribution in [-0.2, 0) is 15.1 Å². The molecule has 1 aliphatic heterocycles. The van der Waals surface area contributed by atoms with Gasteiger partial charge in [-0.15, -0.1) is 0 Å². The molecule has 1 saturated heterocycles. The monoisotopic (exact) mass is 306 g/mol. The Labute approximate surface area is 130 Å². The summed E-state index contributed by atoms with van der Waals surface area (Å²) < 4.78 is 0. The Bertz CT molecular complexity index is 520. The van der Waals surface area contributed by atoms with Crippen molar-refractivity contribution >= 4 is 23.6 Å². The Morgan fingerprint density at radius 2 is 2.00 bits per heavy atom. The fourth-order valence-corrected chi connectivity index (χ4v) is 3.34. The Kier molecular flexibility index (Phi) is 4.93. The second-order valence-corrected chi connectivity index (χ2v) is 6.80. The van der Waals surface area contributed by atoms with Gasteiger partial charge in [0, 0.05) is 11.8 Å². The molecule has 0 aliphatic carbocycles. The number of benzene rings is 1. The Balaban J connectivity index is 2.27. The van der Waals surface area contributed by atoms with Crippen molar-refractivity contribution < 1.29 is 9.59 Å². The molecule has 2 atom stereocenters. The zero-order chi connectivity index (χ0) is 15.5. The van der Waals surface area contributed by atoms with Gasteiger partial charge in [-0.2, -0.15) is 11.8 Å². The fourth-order valence-electron chi connectivity index (χ4n) is 2.59. The van der Waals surface area contributed by atoms with Crippen molar-refractivity contribution in [1.82, 2.24) is 10.2 Å². The maximum Gasteiger partial charge on any atom is 0.253 e. The molecule has 0 radical (unpaired) electrons. The number of amides is 2. The molecule has 1 heterocycles. The third-order valence-corrected chi connectivity index (χ3v) is 4.96. The summed E-state index contributed by atoms with van der Waals surface area (Å²) in [6.07, 6.45) is 0. The molecule has 114 valence electrons. The number of carbonyl (C=O) groups excluding carboxylic acids is 2. The smallest absolute Gasteiger partial charge is 0.253 e. The molecule has 0 spiro atoms. The van der Waals surface area contributed by atoms with Gasteiger partial charge in [-0.25, -0.2) is 0 Å². The molecule has 2 unspecified atom stereocenters. The van der Waals surface area contributed by atoms with Crippen LogP contribution in [0, 0.1) is 0 Å². The van der Waals surface area contributed by atoms with E-state index in [0.29, 0.717) is 0 Å². The number of carbonyl (C=O) groups is 2. The quantitative estimate of drug-likeness (QED) is 0.905. The van der Waals surface area contributed by atoms with Gasteiger partial charge in [0.1, 0.15) is 5.54 Å². The highest BCUT2D eigenvalue weighted by Crippen LogP contribution is 2.27. The molecule has 1 N–H and O–H groups in total. The first-order valence-corrected chi connectivity index (χ1v) is 8.40. The highest BCUT2D eigenvalue weighted by Gasteiger charge is 2.45. The third-order valence-electron chi connectivity index (χ3n) is 3.84. The van der Waals surface area contributed by atoms with E-state index in [1.807, 2.05) is 37.3 Å². The predicted molar refractivity (Wildman–Crippen MR) is 86.1 cm³/mol. The topological polar surface area (TPSA) is 49.4 Å². The molecule has 0 bridgehead atoms. The minimum absolute atomic E-state index is 0.0301. The van der Waals surface area contributed by atoms with Crippen molar-refractivity contribution in [2.24, 2.45) is 0 Å². The standard InChI is InChI=1S/C16H22N2O2S/c1-4-21-11-12(2)18-10-14(19)17-16(3,15(18)20)13-8-6-5-7-9-13/h5-9,12H,4,10-11H2,1-3H3,(H,17,19). The zero-order valence-corrected chi connectivity index (χ0v) is 13.6. The van der Waals surface area contributed by atoms with E-state index in [0.717, 1.165) is 17.1 Å². The predicted octanol–water partition coefficient (Wildman–Crippen LogP) is 2.00. The van der Waals surface area contributed by atoms with Crippen molar-refractivity contribution in [1.29, 1.82) is 0 Å². The summed E-state index contributed by atoms with van der Waals surface area (Å²) in [5, 5.41) is 2.86. The second kappa shape index (κ2) is 6.52. The van der Waals surface area contributed by atoms with Crippen LogP contribution in [0.2, 0.25) is 0 Å². The third kappa shape index (κ3) is 3.23. The van der Waals surface area contributed by atoms with Crippen LogP contribution in [0.3, 0.4) is 0 Å². The van der Waals surface area contributed by atoms with Gasteiger partial charge in [-0.3, -0.25) is 9.59 Å². The molecule has 21 heavy (non-hydrogen) atoms. The largest absolute Gasteiger partial charge is 0.337 e. The van der Waals surface area contributed by atoms with Gasteiger partial charge in [0.25, 0.3) is 5.91 Å². The number of hydrogen-bond donors (Lipinski definition) is 1. The van der Waals surface area contributed by atoms with E-state index in [9.17, 15) is 9.59 Å². The molecule has 1 aromatic carbocycles. The lowest BCUT2D eigenvalue weighted by molar-refractivity contribution is -0.151. The van der Waals surface area contributed by atoms with Gasteiger partial charge in [0.2, 0.25) is 5.91 Å².